The van der Waals surface area contributed by atoms with Gasteiger partial charge < -0.3 is 19.9 Å². The minimum Gasteiger partial charge on any atom is -0.550 e. The van der Waals surface area contributed by atoms with E-state index in [1.807, 2.05) is 0 Å². The predicted molar refractivity (Wildman–Crippen MR) is 106 cm³/mol. The van der Waals surface area contributed by atoms with Gasteiger partial charge in [-0.2, -0.15) is 0 Å². The molecule has 0 unspecified atom stereocenters. The van der Waals surface area contributed by atoms with E-state index in [0.717, 1.165) is 17.0 Å². The average molecular weight is 451 g/mol. The van der Waals surface area contributed by atoms with Crippen molar-refractivity contribution in [3.8, 4) is 0 Å². The maximum atomic E-state index is 13.3. The molecule has 0 bridgehead atoms. The third kappa shape index (κ3) is 4.32. The highest BCUT2D eigenvalue weighted by molar-refractivity contribution is 6.47. The van der Waals surface area contributed by atoms with Crippen LogP contribution in [0.5, 0.6) is 0 Å². The van der Waals surface area contributed by atoms with Gasteiger partial charge in [0.2, 0.25) is 0 Å². The van der Waals surface area contributed by atoms with Crippen molar-refractivity contribution in [3.63, 3.8) is 0 Å². The Morgan fingerprint density at radius 2 is 1.80 bits per heavy atom. The second-order valence-electron chi connectivity index (χ2n) is 6.64. The Hall–Kier alpha value is -2.90. The molecule has 30 heavy (non-hydrogen) atoms. The third-order valence-electron chi connectivity index (χ3n) is 4.69. The molecule has 0 aromatic heterocycles. The van der Waals surface area contributed by atoms with Crippen molar-refractivity contribution in [3.05, 3.63) is 75.0 Å². The molecule has 1 aliphatic rings. The Morgan fingerprint density at radius 3 is 2.40 bits per heavy atom. The van der Waals surface area contributed by atoms with Crippen LogP contribution in [0.3, 0.4) is 0 Å². The number of benzene rings is 2. The number of carbonyl (C=O) groups is 3. The summed E-state index contributed by atoms with van der Waals surface area (Å²) in [4.78, 5) is 37.4. The number of aliphatic carboxylic acids is 1. The molecule has 2 aromatic carbocycles. The lowest BCUT2D eigenvalue weighted by atomic mass is 9.95. The first kappa shape index (κ1) is 21.8. The number of likely N-dealkylation sites (tertiary alicyclic amines) is 1. The van der Waals surface area contributed by atoms with E-state index in [0.29, 0.717) is 10.6 Å². The normalized spacial score (nSPS) is 18.1. The van der Waals surface area contributed by atoms with E-state index in [2.05, 4.69) is 0 Å². The van der Waals surface area contributed by atoms with Gasteiger partial charge in [0.1, 0.15) is 11.6 Å². The van der Waals surface area contributed by atoms with Crippen LogP contribution >= 0.6 is 23.2 Å². The van der Waals surface area contributed by atoms with Gasteiger partial charge >= 0.3 is 0 Å². The van der Waals surface area contributed by atoms with Gasteiger partial charge in [-0.1, -0.05) is 29.3 Å². The van der Waals surface area contributed by atoms with Gasteiger partial charge in [-0.15, -0.1) is 0 Å². The van der Waals surface area contributed by atoms with Crippen molar-refractivity contribution in [2.24, 2.45) is 0 Å². The second-order valence-corrected chi connectivity index (χ2v) is 7.48. The Kier molecular flexibility index (Phi) is 6.43. The largest absolute Gasteiger partial charge is 0.550 e. The van der Waals surface area contributed by atoms with Crippen molar-refractivity contribution in [1.82, 2.24) is 4.90 Å². The zero-order chi connectivity index (χ0) is 22.0. The van der Waals surface area contributed by atoms with Gasteiger partial charge in [-0.25, -0.2) is 4.39 Å². The smallest absolute Gasteiger partial charge is 0.295 e. The highest BCUT2D eigenvalue weighted by Crippen LogP contribution is 2.42. The molecule has 1 N–H and O–H groups in total. The number of rotatable bonds is 6. The minimum atomic E-state index is -1.29. The van der Waals surface area contributed by atoms with E-state index < -0.39 is 35.3 Å². The van der Waals surface area contributed by atoms with Crippen molar-refractivity contribution < 1.29 is 29.0 Å². The summed E-state index contributed by atoms with van der Waals surface area (Å²) >= 11 is 12.2. The Morgan fingerprint density at radius 1 is 1.13 bits per heavy atom. The first-order valence-corrected chi connectivity index (χ1v) is 9.65. The molecular weight excluding hydrogens is 436 g/mol. The molecule has 9 heteroatoms. The lowest BCUT2D eigenvalue weighted by Crippen LogP contribution is -2.32. The van der Waals surface area contributed by atoms with Crippen LogP contribution in [-0.2, 0) is 14.4 Å². The highest BCUT2D eigenvalue weighted by atomic mass is 35.5. The fraction of sp³-hybridized carbons (Fsp3) is 0.190. The number of amides is 1. The summed E-state index contributed by atoms with van der Waals surface area (Å²) in [6.45, 7) is -0.0810. The molecule has 1 atom stereocenters. The molecule has 0 saturated carbocycles. The second kappa shape index (κ2) is 8.85. The minimum absolute atomic E-state index is 0.0354. The summed E-state index contributed by atoms with van der Waals surface area (Å²) in [6, 6.07) is 8.15. The molecule has 0 aliphatic carbocycles. The van der Waals surface area contributed by atoms with E-state index >= 15 is 0 Å². The molecule has 6 nitrogen and oxygen atoms in total. The molecule has 1 amide bonds. The standard InChI is InChI=1S/C21H16Cl2FNO5/c22-12-5-8-14(15(23)10-12)18-17(19(28)11-3-6-13(24)7-4-11)20(29)21(30)25(18)9-1-2-16(26)27/h3-8,10,18,28H,1-2,9H2,(H,26,27)/p-1/t18-/m0/s1. The number of ketones is 1. The summed E-state index contributed by atoms with van der Waals surface area (Å²) in [6.07, 6.45) is -0.282. The van der Waals surface area contributed by atoms with Crippen LogP contribution in [0.1, 0.15) is 30.0 Å². The maximum absolute atomic E-state index is 13.3. The van der Waals surface area contributed by atoms with Crippen molar-refractivity contribution in [2.75, 3.05) is 6.54 Å². The zero-order valence-electron chi connectivity index (χ0n) is 15.4. The zero-order valence-corrected chi connectivity index (χ0v) is 16.9. The van der Waals surface area contributed by atoms with Crippen LogP contribution < -0.4 is 5.11 Å². The molecule has 3 rings (SSSR count). The number of Topliss-reactive ketones (excluding diaryl/α,β-unsaturated/α-hetero) is 1. The van der Waals surface area contributed by atoms with Crippen LogP contribution in [0, 0.1) is 5.82 Å². The van der Waals surface area contributed by atoms with E-state index in [1.165, 1.54) is 30.3 Å². The number of carboxylic acid groups (broad SMARTS) is 1. The number of aliphatic hydroxyl groups is 1. The predicted octanol–water partition coefficient (Wildman–Crippen LogP) is 3.08. The number of nitrogens with zero attached hydrogens (tertiary/aromatic N) is 1. The average Bonchev–Trinajstić information content (AvgIpc) is 2.93. The molecule has 1 aliphatic heterocycles. The van der Waals surface area contributed by atoms with E-state index in [9.17, 15) is 29.0 Å². The molecule has 1 saturated heterocycles. The molecule has 2 aromatic rings. The van der Waals surface area contributed by atoms with Gasteiger partial charge in [-0.3, -0.25) is 9.59 Å². The van der Waals surface area contributed by atoms with Crippen LogP contribution in [0.4, 0.5) is 4.39 Å². The first-order valence-electron chi connectivity index (χ1n) is 8.90. The van der Waals surface area contributed by atoms with Gasteiger partial charge in [0, 0.05) is 28.1 Å². The van der Waals surface area contributed by atoms with Crippen LogP contribution in [-0.4, -0.2) is 34.2 Å². The van der Waals surface area contributed by atoms with Crippen molar-refractivity contribution >= 4 is 46.6 Å². The topological polar surface area (TPSA) is 97.7 Å². The number of hydrogen-bond acceptors (Lipinski definition) is 5. The summed E-state index contributed by atoms with van der Waals surface area (Å²) in [7, 11) is 0. The SMILES string of the molecule is O=C([O-])CCCN1C(=O)C(=O)C(=C(O)c2ccc(F)cc2)[C@@H]1c1ccc(Cl)cc1Cl. The Labute approximate surface area is 181 Å². The fourth-order valence-corrected chi connectivity index (χ4v) is 3.83. The van der Waals surface area contributed by atoms with E-state index in [1.54, 1.807) is 0 Å². The van der Waals surface area contributed by atoms with Crippen molar-refractivity contribution in [1.29, 1.82) is 0 Å². The number of carbonyl (C=O) groups excluding carboxylic acids is 3. The Bertz CT molecular complexity index is 1050. The van der Waals surface area contributed by atoms with E-state index in [-0.39, 0.29) is 35.5 Å². The molecule has 156 valence electrons. The maximum Gasteiger partial charge on any atom is 0.295 e. The highest BCUT2D eigenvalue weighted by Gasteiger charge is 2.46. The number of halogens is 3. The summed E-state index contributed by atoms with van der Waals surface area (Å²) < 4.78 is 13.3. The van der Waals surface area contributed by atoms with Crippen molar-refractivity contribution in [2.45, 2.75) is 18.9 Å². The number of carboxylic acids is 1. The molecule has 0 spiro atoms. The fourth-order valence-electron chi connectivity index (χ4n) is 3.31. The van der Waals surface area contributed by atoms with Crippen LogP contribution in [0.15, 0.2) is 48.0 Å². The molecule has 0 radical (unpaired) electrons. The van der Waals surface area contributed by atoms with Crippen LogP contribution in [0.2, 0.25) is 10.0 Å². The molecule has 1 fully saturated rings. The molecular formula is C21H15Cl2FNO5-. The third-order valence-corrected chi connectivity index (χ3v) is 5.26. The lowest BCUT2D eigenvalue weighted by molar-refractivity contribution is -0.305. The van der Waals surface area contributed by atoms with Gasteiger partial charge in [0.15, 0.2) is 0 Å². The molecule has 1 heterocycles. The number of hydrogen-bond donors (Lipinski definition) is 1. The lowest BCUT2D eigenvalue weighted by Gasteiger charge is -2.26. The summed E-state index contributed by atoms with van der Waals surface area (Å²) in [5.74, 6) is -4.19. The quantitative estimate of drug-likeness (QED) is 0.414. The van der Waals surface area contributed by atoms with E-state index in [4.69, 9.17) is 23.2 Å². The van der Waals surface area contributed by atoms with Crippen LogP contribution in [0.25, 0.3) is 5.76 Å². The summed E-state index contributed by atoms with van der Waals surface area (Å²) in [5.41, 5.74) is 0.237. The van der Waals surface area contributed by atoms with Gasteiger partial charge in [0.05, 0.1) is 11.6 Å². The Balaban J connectivity index is 2.14. The number of aliphatic hydroxyl groups excluding tert-OH is 1. The summed E-state index contributed by atoms with van der Waals surface area (Å²) in [5, 5.41) is 22.0. The van der Waals surface area contributed by atoms with Gasteiger partial charge in [0.25, 0.3) is 11.7 Å². The monoisotopic (exact) mass is 450 g/mol. The van der Waals surface area contributed by atoms with Gasteiger partial charge in [-0.05, 0) is 54.8 Å². The first-order chi connectivity index (χ1) is 14.2.